The van der Waals surface area contributed by atoms with Crippen LogP contribution in [0.3, 0.4) is 0 Å². The minimum Gasteiger partial charge on any atom is -0.478 e. The first-order valence-corrected chi connectivity index (χ1v) is 8.24. The zero-order valence-corrected chi connectivity index (χ0v) is 15.0. The molecule has 5 N–H and O–H groups in total. The predicted molar refractivity (Wildman–Crippen MR) is 104 cm³/mol. The Morgan fingerprint density at radius 2 is 1.43 bits per heavy atom. The van der Waals surface area contributed by atoms with Gasteiger partial charge in [0.05, 0.1) is 4.92 Å². The molecule has 3 rings (SSSR count). The molecule has 0 saturated carbocycles. The first kappa shape index (κ1) is 20.1. The molecule has 1 heterocycles. The second-order valence-corrected chi connectivity index (χ2v) is 5.98. The lowest BCUT2D eigenvalue weighted by molar-refractivity contribution is -0.384. The van der Waals surface area contributed by atoms with Crippen molar-refractivity contribution in [1.82, 2.24) is 4.98 Å². The Balaban J connectivity index is 2.02. The number of aromatic amines is 1. The number of carboxylic acid groups (broad SMARTS) is 2. The van der Waals surface area contributed by atoms with Crippen molar-refractivity contribution in [1.29, 1.82) is 0 Å². The molecule has 3 aromatic rings. The second kappa shape index (κ2) is 7.75. The zero-order valence-electron chi connectivity index (χ0n) is 15.0. The number of hydrogen-bond donors (Lipinski definition) is 4. The number of benzene rings is 2. The number of nitrogens with zero attached hydrogens (tertiary/aromatic N) is 1. The highest BCUT2D eigenvalue weighted by atomic mass is 16.6. The number of carbonyl (C=O) groups is 2. The van der Waals surface area contributed by atoms with Gasteiger partial charge in [0.15, 0.2) is 0 Å². The molecule has 152 valence electrons. The van der Waals surface area contributed by atoms with Gasteiger partial charge >= 0.3 is 11.9 Å². The summed E-state index contributed by atoms with van der Waals surface area (Å²) in [5.41, 5.74) is 2.94. The topological polar surface area (TPSA) is 186 Å². The van der Waals surface area contributed by atoms with E-state index >= 15 is 0 Å². The number of carboxylic acids is 2. The molecule has 0 amide bonds. The number of nitro benzene ring substituents is 1. The third-order valence-electron chi connectivity index (χ3n) is 4.10. The standard InChI is InChI=1S/C19H13N3O8/c20-16-14(18(24)25)13(15(19(26)27)17(23)21-16)9-1-5-11(6-2-9)30-12-7-3-10(4-8-12)22(28)29/h1-8H,(H,24,25)(H,26,27)(H3,20,21,23). The van der Waals surface area contributed by atoms with E-state index in [-0.39, 0.29) is 16.8 Å². The van der Waals surface area contributed by atoms with E-state index in [1.807, 2.05) is 4.98 Å². The first-order chi connectivity index (χ1) is 14.2. The Kier molecular flexibility index (Phi) is 5.19. The van der Waals surface area contributed by atoms with Crippen LogP contribution in [0.15, 0.2) is 53.3 Å². The van der Waals surface area contributed by atoms with Crippen molar-refractivity contribution in [2.45, 2.75) is 0 Å². The van der Waals surface area contributed by atoms with Gasteiger partial charge in [0.1, 0.15) is 28.4 Å². The summed E-state index contributed by atoms with van der Waals surface area (Å²) in [5, 5.41) is 29.5. The van der Waals surface area contributed by atoms with Crippen LogP contribution < -0.4 is 16.0 Å². The first-order valence-electron chi connectivity index (χ1n) is 8.24. The molecule has 0 bridgehead atoms. The van der Waals surface area contributed by atoms with Gasteiger partial charge in [-0.05, 0) is 29.8 Å². The number of nitrogen functional groups attached to an aromatic ring is 1. The highest BCUT2D eigenvalue weighted by Gasteiger charge is 2.26. The van der Waals surface area contributed by atoms with Gasteiger partial charge in [-0.25, -0.2) is 9.59 Å². The molecule has 11 heteroatoms. The van der Waals surface area contributed by atoms with Crippen LogP contribution in [0, 0.1) is 10.1 Å². The maximum absolute atomic E-state index is 12.1. The van der Waals surface area contributed by atoms with Gasteiger partial charge in [0.25, 0.3) is 11.2 Å². The van der Waals surface area contributed by atoms with Crippen molar-refractivity contribution in [2.75, 3.05) is 5.73 Å². The molecule has 1 aromatic heterocycles. The molecule has 0 fully saturated rings. The smallest absolute Gasteiger partial charge is 0.342 e. The minimum absolute atomic E-state index is 0.105. The third kappa shape index (κ3) is 3.80. The van der Waals surface area contributed by atoms with E-state index in [9.17, 15) is 34.7 Å². The van der Waals surface area contributed by atoms with Crippen molar-refractivity contribution < 1.29 is 29.5 Å². The average molecular weight is 411 g/mol. The van der Waals surface area contributed by atoms with Gasteiger partial charge in [-0.3, -0.25) is 14.9 Å². The third-order valence-corrected chi connectivity index (χ3v) is 4.10. The number of nitrogens with two attached hydrogens (primary N) is 1. The number of hydrogen-bond acceptors (Lipinski definition) is 7. The van der Waals surface area contributed by atoms with Crippen molar-refractivity contribution in [3.05, 3.63) is 80.1 Å². The fourth-order valence-electron chi connectivity index (χ4n) is 2.80. The second-order valence-electron chi connectivity index (χ2n) is 5.98. The number of anilines is 1. The number of nitrogens with one attached hydrogen (secondary N) is 1. The van der Waals surface area contributed by atoms with Crippen molar-refractivity contribution in [3.8, 4) is 22.6 Å². The average Bonchev–Trinajstić information content (AvgIpc) is 2.67. The molecule has 0 unspecified atom stereocenters. The monoisotopic (exact) mass is 411 g/mol. The molecule has 2 aromatic carbocycles. The number of rotatable bonds is 6. The molecular formula is C19H13N3O8. The normalized spacial score (nSPS) is 10.4. The lowest BCUT2D eigenvalue weighted by Crippen LogP contribution is -2.24. The van der Waals surface area contributed by atoms with Crippen LogP contribution in [0.2, 0.25) is 0 Å². The summed E-state index contributed by atoms with van der Waals surface area (Å²) < 4.78 is 5.56. The maximum Gasteiger partial charge on any atom is 0.342 e. The lowest BCUT2D eigenvalue weighted by Gasteiger charge is -2.13. The Labute approximate surface area is 167 Å². The Bertz CT molecular complexity index is 1210. The van der Waals surface area contributed by atoms with E-state index in [0.717, 1.165) is 0 Å². The molecule has 0 radical (unpaired) electrons. The maximum atomic E-state index is 12.1. The summed E-state index contributed by atoms with van der Waals surface area (Å²) in [7, 11) is 0. The molecule has 0 aliphatic heterocycles. The molecule has 0 atom stereocenters. The molecule has 0 aliphatic rings. The predicted octanol–water partition coefficient (Wildman–Crippen LogP) is 2.72. The summed E-state index contributed by atoms with van der Waals surface area (Å²) >= 11 is 0. The fourth-order valence-corrected chi connectivity index (χ4v) is 2.80. The Hall–Kier alpha value is -4.67. The van der Waals surface area contributed by atoms with Crippen LogP contribution >= 0.6 is 0 Å². The zero-order chi connectivity index (χ0) is 22.0. The number of H-pyrrole nitrogens is 1. The van der Waals surface area contributed by atoms with Crippen molar-refractivity contribution in [3.63, 3.8) is 0 Å². The van der Waals surface area contributed by atoms with E-state index < -0.39 is 39.4 Å². The highest BCUT2D eigenvalue weighted by Crippen LogP contribution is 2.31. The minimum atomic E-state index is -1.61. The molecule has 11 nitrogen and oxygen atoms in total. The van der Waals surface area contributed by atoms with Crippen LogP contribution in [0.5, 0.6) is 11.5 Å². The van der Waals surface area contributed by atoms with Gasteiger partial charge < -0.3 is 25.7 Å². The number of non-ortho nitro benzene ring substituents is 1. The Morgan fingerprint density at radius 1 is 0.933 bits per heavy atom. The van der Waals surface area contributed by atoms with E-state index in [1.165, 1.54) is 48.5 Å². The number of ether oxygens (including phenoxy) is 1. The van der Waals surface area contributed by atoms with Gasteiger partial charge in [0.2, 0.25) is 0 Å². The van der Waals surface area contributed by atoms with E-state index in [2.05, 4.69) is 0 Å². The van der Waals surface area contributed by atoms with Crippen LogP contribution in [-0.2, 0) is 0 Å². The summed E-state index contributed by atoms with van der Waals surface area (Å²) in [6, 6.07) is 10.9. The summed E-state index contributed by atoms with van der Waals surface area (Å²) in [5.74, 6) is -2.99. The van der Waals surface area contributed by atoms with Gasteiger partial charge in [-0.2, -0.15) is 0 Å². The number of aromatic nitrogens is 1. The highest BCUT2D eigenvalue weighted by molar-refractivity contribution is 6.07. The summed E-state index contributed by atoms with van der Waals surface area (Å²) in [6.45, 7) is 0. The van der Waals surface area contributed by atoms with E-state index in [4.69, 9.17) is 10.5 Å². The quantitative estimate of drug-likeness (QED) is 0.349. The number of aromatic carboxylic acids is 2. The van der Waals surface area contributed by atoms with Crippen molar-refractivity contribution in [2.24, 2.45) is 0 Å². The molecule has 0 aliphatic carbocycles. The van der Waals surface area contributed by atoms with Crippen molar-refractivity contribution >= 4 is 23.4 Å². The molecule has 30 heavy (non-hydrogen) atoms. The van der Waals surface area contributed by atoms with Crippen LogP contribution in [0.4, 0.5) is 11.5 Å². The fraction of sp³-hybridized carbons (Fsp3) is 0. The SMILES string of the molecule is Nc1[nH]c(=O)c(C(=O)O)c(-c2ccc(Oc3ccc([N+](=O)[O-])cc3)cc2)c1C(=O)O. The van der Waals surface area contributed by atoms with Gasteiger partial charge in [-0.1, -0.05) is 12.1 Å². The van der Waals surface area contributed by atoms with Crippen LogP contribution in [-0.4, -0.2) is 32.1 Å². The largest absolute Gasteiger partial charge is 0.478 e. The Morgan fingerprint density at radius 3 is 1.90 bits per heavy atom. The molecular weight excluding hydrogens is 398 g/mol. The summed E-state index contributed by atoms with van der Waals surface area (Å²) in [4.78, 5) is 47.4. The van der Waals surface area contributed by atoms with Gasteiger partial charge in [-0.15, -0.1) is 0 Å². The number of pyridine rings is 1. The molecule has 0 saturated heterocycles. The molecule has 0 spiro atoms. The lowest BCUT2D eigenvalue weighted by atomic mass is 9.95. The van der Waals surface area contributed by atoms with Gasteiger partial charge in [0, 0.05) is 17.7 Å². The van der Waals surface area contributed by atoms with E-state index in [0.29, 0.717) is 11.5 Å². The number of nitro groups is 1. The van der Waals surface area contributed by atoms with Crippen LogP contribution in [0.1, 0.15) is 20.7 Å². The summed E-state index contributed by atoms with van der Waals surface area (Å²) in [6.07, 6.45) is 0. The van der Waals surface area contributed by atoms with E-state index in [1.54, 1.807) is 0 Å². The van der Waals surface area contributed by atoms with Crippen LogP contribution in [0.25, 0.3) is 11.1 Å².